The van der Waals surface area contributed by atoms with Gasteiger partial charge in [-0.05, 0) is 57.1 Å². The second-order valence-corrected chi connectivity index (χ2v) is 6.71. The van der Waals surface area contributed by atoms with Crippen molar-refractivity contribution in [2.75, 3.05) is 13.7 Å². The topological polar surface area (TPSA) is 21.3 Å². The minimum absolute atomic E-state index is 0.114. The van der Waals surface area contributed by atoms with Crippen LogP contribution in [0.3, 0.4) is 0 Å². The van der Waals surface area contributed by atoms with Gasteiger partial charge in [0.15, 0.2) is 11.6 Å². The van der Waals surface area contributed by atoms with Gasteiger partial charge in [0, 0.05) is 12.1 Å². The lowest BCUT2D eigenvalue weighted by Gasteiger charge is -2.25. The molecule has 0 bridgehead atoms. The molecule has 19 heavy (non-hydrogen) atoms. The van der Waals surface area contributed by atoms with Gasteiger partial charge in [-0.3, -0.25) is 0 Å². The quantitative estimate of drug-likeness (QED) is 0.879. The predicted octanol–water partition coefficient (Wildman–Crippen LogP) is 3.55. The first-order valence-electron chi connectivity index (χ1n) is 6.92. The molecule has 1 saturated carbocycles. The number of hydrogen-bond acceptors (Lipinski definition) is 2. The number of ether oxygens (including phenoxy) is 1. The molecule has 0 heterocycles. The van der Waals surface area contributed by atoms with Gasteiger partial charge < -0.3 is 10.1 Å². The standard InChI is InChI=1S/C16H24FNO/c1-15(2,3)18-11-16(8-9-16)10-12-6-5-7-13(19-4)14(12)17/h5-7,18H,8-11H2,1-4H3. The molecule has 0 radical (unpaired) electrons. The van der Waals surface area contributed by atoms with Crippen molar-refractivity contribution in [1.82, 2.24) is 5.32 Å². The number of nitrogens with one attached hydrogen (secondary N) is 1. The molecular formula is C16H24FNO. The number of benzene rings is 1. The number of halogens is 1. The van der Waals surface area contributed by atoms with Crippen LogP contribution in [0, 0.1) is 11.2 Å². The molecule has 1 N–H and O–H groups in total. The van der Waals surface area contributed by atoms with Crippen LogP contribution in [0.2, 0.25) is 0 Å². The molecule has 0 amide bonds. The van der Waals surface area contributed by atoms with Crippen LogP contribution in [-0.4, -0.2) is 19.2 Å². The highest BCUT2D eigenvalue weighted by molar-refractivity contribution is 5.32. The summed E-state index contributed by atoms with van der Waals surface area (Å²) in [6, 6.07) is 5.41. The molecule has 1 fully saturated rings. The molecule has 1 aromatic rings. The van der Waals surface area contributed by atoms with Gasteiger partial charge in [-0.15, -0.1) is 0 Å². The molecule has 0 atom stereocenters. The van der Waals surface area contributed by atoms with E-state index in [0.717, 1.165) is 18.5 Å². The van der Waals surface area contributed by atoms with Crippen LogP contribution in [-0.2, 0) is 6.42 Å². The minimum atomic E-state index is -0.202. The van der Waals surface area contributed by atoms with Gasteiger partial charge in [-0.1, -0.05) is 12.1 Å². The zero-order valence-electron chi connectivity index (χ0n) is 12.3. The Kier molecular flexibility index (Phi) is 3.86. The highest BCUT2D eigenvalue weighted by Gasteiger charge is 2.43. The maximum atomic E-state index is 14.2. The minimum Gasteiger partial charge on any atom is -0.494 e. The lowest BCUT2D eigenvalue weighted by molar-refractivity contribution is 0.349. The molecule has 0 aliphatic heterocycles. The second kappa shape index (κ2) is 5.12. The van der Waals surface area contributed by atoms with Gasteiger partial charge in [0.25, 0.3) is 0 Å². The predicted molar refractivity (Wildman–Crippen MR) is 76.1 cm³/mol. The van der Waals surface area contributed by atoms with E-state index in [9.17, 15) is 4.39 Å². The van der Waals surface area contributed by atoms with Crippen LogP contribution in [0.25, 0.3) is 0 Å². The maximum Gasteiger partial charge on any atom is 0.168 e. The summed E-state index contributed by atoms with van der Waals surface area (Å²) in [6.45, 7) is 7.44. The Morgan fingerprint density at radius 2 is 2.00 bits per heavy atom. The summed E-state index contributed by atoms with van der Waals surface area (Å²) in [5, 5.41) is 3.54. The van der Waals surface area contributed by atoms with E-state index in [0.29, 0.717) is 5.75 Å². The molecule has 1 aliphatic carbocycles. The first-order chi connectivity index (χ1) is 8.85. The highest BCUT2D eigenvalue weighted by Crippen LogP contribution is 2.48. The van der Waals surface area contributed by atoms with Crippen molar-refractivity contribution in [3.8, 4) is 5.75 Å². The summed E-state index contributed by atoms with van der Waals surface area (Å²) in [6.07, 6.45) is 3.14. The van der Waals surface area contributed by atoms with Gasteiger partial charge in [0.1, 0.15) is 0 Å². The van der Waals surface area contributed by atoms with Gasteiger partial charge in [-0.25, -0.2) is 4.39 Å². The lowest BCUT2D eigenvalue weighted by Crippen LogP contribution is -2.40. The number of rotatable bonds is 5. The molecular weight excluding hydrogens is 241 g/mol. The molecule has 0 unspecified atom stereocenters. The van der Waals surface area contributed by atoms with Crippen molar-refractivity contribution in [3.63, 3.8) is 0 Å². The molecule has 3 heteroatoms. The highest BCUT2D eigenvalue weighted by atomic mass is 19.1. The van der Waals surface area contributed by atoms with Gasteiger partial charge >= 0.3 is 0 Å². The van der Waals surface area contributed by atoms with Crippen molar-refractivity contribution in [3.05, 3.63) is 29.6 Å². The molecule has 0 saturated heterocycles. The monoisotopic (exact) mass is 265 g/mol. The summed E-state index contributed by atoms with van der Waals surface area (Å²) >= 11 is 0. The van der Waals surface area contributed by atoms with Crippen molar-refractivity contribution in [2.45, 2.75) is 45.6 Å². The SMILES string of the molecule is COc1cccc(CC2(CNC(C)(C)C)CC2)c1F. The molecule has 0 spiro atoms. The summed E-state index contributed by atoms with van der Waals surface area (Å²) in [5.74, 6) is 0.143. The second-order valence-electron chi connectivity index (χ2n) is 6.71. The third-order valence-electron chi connectivity index (χ3n) is 3.78. The largest absolute Gasteiger partial charge is 0.494 e. The van der Waals surface area contributed by atoms with Crippen LogP contribution in [0.5, 0.6) is 5.75 Å². The fourth-order valence-corrected chi connectivity index (χ4v) is 2.30. The van der Waals surface area contributed by atoms with Crippen LogP contribution in [0.15, 0.2) is 18.2 Å². The van der Waals surface area contributed by atoms with Crippen LogP contribution >= 0.6 is 0 Å². The molecule has 1 aliphatic rings. The van der Waals surface area contributed by atoms with Crippen LogP contribution < -0.4 is 10.1 Å². The lowest BCUT2D eigenvalue weighted by atomic mass is 9.94. The van der Waals surface area contributed by atoms with E-state index in [2.05, 4.69) is 26.1 Å². The first kappa shape index (κ1) is 14.3. The third-order valence-corrected chi connectivity index (χ3v) is 3.78. The average molecular weight is 265 g/mol. The zero-order chi connectivity index (χ0) is 14.1. The fourth-order valence-electron chi connectivity index (χ4n) is 2.30. The van der Waals surface area contributed by atoms with Crippen molar-refractivity contribution >= 4 is 0 Å². The Bertz CT molecular complexity index is 447. The Morgan fingerprint density at radius 3 is 2.53 bits per heavy atom. The van der Waals surface area contributed by atoms with E-state index >= 15 is 0 Å². The fraction of sp³-hybridized carbons (Fsp3) is 0.625. The normalized spacial score (nSPS) is 17.3. The van der Waals surface area contributed by atoms with E-state index < -0.39 is 0 Å². The maximum absolute atomic E-state index is 14.2. The van der Waals surface area contributed by atoms with Crippen molar-refractivity contribution in [2.24, 2.45) is 5.41 Å². The Balaban J connectivity index is 2.05. The number of hydrogen-bond donors (Lipinski definition) is 1. The van der Waals surface area contributed by atoms with Gasteiger partial charge in [-0.2, -0.15) is 0 Å². The molecule has 2 rings (SSSR count). The molecule has 1 aromatic carbocycles. The summed E-state index contributed by atoms with van der Waals surface area (Å²) < 4.78 is 19.2. The summed E-state index contributed by atoms with van der Waals surface area (Å²) in [7, 11) is 1.51. The van der Waals surface area contributed by atoms with Crippen molar-refractivity contribution in [1.29, 1.82) is 0 Å². The van der Waals surface area contributed by atoms with Gasteiger partial charge in [0.05, 0.1) is 7.11 Å². The van der Waals surface area contributed by atoms with E-state index in [1.807, 2.05) is 12.1 Å². The molecule has 2 nitrogen and oxygen atoms in total. The smallest absolute Gasteiger partial charge is 0.168 e. The first-order valence-corrected chi connectivity index (χ1v) is 6.92. The van der Waals surface area contributed by atoms with Crippen molar-refractivity contribution < 1.29 is 9.13 Å². The number of methoxy groups -OCH3 is 1. The van der Waals surface area contributed by atoms with E-state index in [1.165, 1.54) is 20.0 Å². The Morgan fingerprint density at radius 1 is 1.32 bits per heavy atom. The van der Waals surface area contributed by atoms with E-state index in [1.54, 1.807) is 6.07 Å². The molecule has 106 valence electrons. The van der Waals surface area contributed by atoms with Crippen LogP contribution in [0.1, 0.15) is 39.2 Å². The third kappa shape index (κ3) is 3.69. The van der Waals surface area contributed by atoms with Crippen LogP contribution in [0.4, 0.5) is 4.39 Å². The van der Waals surface area contributed by atoms with E-state index in [-0.39, 0.29) is 16.8 Å². The Hall–Kier alpha value is -1.09. The average Bonchev–Trinajstić information content (AvgIpc) is 3.09. The Labute approximate surface area is 115 Å². The molecule has 0 aromatic heterocycles. The van der Waals surface area contributed by atoms with Gasteiger partial charge in [0.2, 0.25) is 0 Å². The summed E-state index contributed by atoms with van der Waals surface area (Å²) in [4.78, 5) is 0. The summed E-state index contributed by atoms with van der Waals surface area (Å²) in [5.41, 5.74) is 1.12. The zero-order valence-corrected chi connectivity index (χ0v) is 12.3. The van der Waals surface area contributed by atoms with E-state index in [4.69, 9.17) is 4.74 Å².